The number of carbonyl (C=O) groups is 1. The molecule has 2 aromatic carbocycles. The first-order chi connectivity index (χ1) is 14.2. The van der Waals surface area contributed by atoms with E-state index in [-0.39, 0.29) is 5.91 Å². The highest BCUT2D eigenvalue weighted by Crippen LogP contribution is 2.34. The molecule has 29 heavy (non-hydrogen) atoms. The standard InChI is InChI=1S/C25H31ClN2O/c1-3-5-15-28(16-6-4-2)21-10-7-19(8-11-21)18-23-22-17-20(13-14-26)9-12-24(22)27-25(23)29/h7-12,17-18H,3-6,13-16H2,1-2H3,(H,27,29). The van der Waals surface area contributed by atoms with Crippen LogP contribution in [0, 0.1) is 0 Å². The van der Waals surface area contributed by atoms with Gasteiger partial charge >= 0.3 is 0 Å². The number of hydrogen-bond donors (Lipinski definition) is 1. The van der Waals surface area contributed by atoms with Crippen LogP contribution >= 0.6 is 11.6 Å². The lowest BCUT2D eigenvalue weighted by molar-refractivity contribution is -0.110. The Morgan fingerprint density at radius 1 is 1.00 bits per heavy atom. The smallest absolute Gasteiger partial charge is 0.256 e. The summed E-state index contributed by atoms with van der Waals surface area (Å²) < 4.78 is 0. The second kappa shape index (κ2) is 10.5. The quantitative estimate of drug-likeness (QED) is 0.364. The minimum atomic E-state index is -0.0420. The number of nitrogens with zero attached hydrogens (tertiary/aromatic N) is 1. The van der Waals surface area contributed by atoms with Crippen LogP contribution in [0.5, 0.6) is 0 Å². The molecule has 0 saturated heterocycles. The maximum absolute atomic E-state index is 12.5. The molecule has 4 heteroatoms. The summed E-state index contributed by atoms with van der Waals surface area (Å²) in [6.45, 7) is 6.65. The summed E-state index contributed by atoms with van der Waals surface area (Å²) in [6, 6.07) is 14.7. The van der Waals surface area contributed by atoms with Crippen LogP contribution in [0.25, 0.3) is 11.6 Å². The van der Waals surface area contributed by atoms with Gasteiger partial charge in [-0.3, -0.25) is 4.79 Å². The number of amides is 1. The van der Waals surface area contributed by atoms with Gasteiger partial charge in [-0.25, -0.2) is 0 Å². The average molecular weight is 411 g/mol. The summed E-state index contributed by atoms with van der Waals surface area (Å²) >= 11 is 5.88. The highest BCUT2D eigenvalue weighted by Gasteiger charge is 2.24. The molecule has 1 amide bonds. The van der Waals surface area contributed by atoms with Gasteiger partial charge < -0.3 is 10.2 Å². The Bertz CT molecular complexity index is 850. The normalized spacial score (nSPS) is 14.2. The monoisotopic (exact) mass is 410 g/mol. The van der Waals surface area contributed by atoms with E-state index in [0.717, 1.165) is 47.5 Å². The predicted molar refractivity (Wildman–Crippen MR) is 126 cm³/mol. The Morgan fingerprint density at radius 2 is 1.69 bits per heavy atom. The molecule has 3 rings (SSSR count). The van der Waals surface area contributed by atoms with E-state index in [0.29, 0.717) is 5.88 Å². The van der Waals surface area contributed by atoms with Crippen LogP contribution in [-0.2, 0) is 11.2 Å². The molecule has 1 aliphatic heterocycles. The number of benzene rings is 2. The second-order valence-electron chi connectivity index (χ2n) is 7.62. The molecule has 0 aromatic heterocycles. The van der Waals surface area contributed by atoms with Crippen molar-refractivity contribution in [3.63, 3.8) is 0 Å². The fourth-order valence-electron chi connectivity index (χ4n) is 3.66. The number of anilines is 2. The zero-order valence-electron chi connectivity index (χ0n) is 17.5. The first-order valence-electron chi connectivity index (χ1n) is 10.7. The summed E-state index contributed by atoms with van der Waals surface area (Å²) in [4.78, 5) is 15.0. The molecule has 3 nitrogen and oxygen atoms in total. The zero-order chi connectivity index (χ0) is 20.6. The Hall–Kier alpha value is -2.26. The van der Waals surface area contributed by atoms with Crippen LogP contribution < -0.4 is 10.2 Å². The summed E-state index contributed by atoms with van der Waals surface area (Å²) in [5, 5.41) is 2.96. The van der Waals surface area contributed by atoms with Crippen molar-refractivity contribution < 1.29 is 4.79 Å². The van der Waals surface area contributed by atoms with Crippen molar-refractivity contribution in [3.8, 4) is 0 Å². The van der Waals surface area contributed by atoms with Crippen LogP contribution in [0.15, 0.2) is 42.5 Å². The summed E-state index contributed by atoms with van der Waals surface area (Å²) in [6.07, 6.45) is 7.60. The Morgan fingerprint density at radius 3 is 2.31 bits per heavy atom. The fourth-order valence-corrected chi connectivity index (χ4v) is 3.88. The van der Waals surface area contributed by atoms with E-state index < -0.39 is 0 Å². The maximum Gasteiger partial charge on any atom is 0.256 e. The van der Waals surface area contributed by atoms with E-state index in [1.54, 1.807) is 0 Å². The SMILES string of the molecule is CCCCN(CCCC)c1ccc(C=C2C(=O)Nc3ccc(CCCl)cc32)cc1. The number of hydrogen-bond acceptors (Lipinski definition) is 2. The third kappa shape index (κ3) is 5.42. The summed E-state index contributed by atoms with van der Waals surface area (Å²) in [5.41, 5.74) is 6.02. The number of fused-ring (bicyclic) bond motifs is 1. The number of nitrogens with one attached hydrogen (secondary N) is 1. The lowest BCUT2D eigenvalue weighted by atomic mass is 10.0. The van der Waals surface area contributed by atoms with Gasteiger partial charge in [0, 0.05) is 41.5 Å². The largest absolute Gasteiger partial charge is 0.372 e. The van der Waals surface area contributed by atoms with Crippen LogP contribution in [0.2, 0.25) is 0 Å². The second-order valence-corrected chi connectivity index (χ2v) is 7.99. The Balaban J connectivity index is 1.82. The molecule has 1 heterocycles. The number of aryl methyl sites for hydroxylation is 1. The minimum absolute atomic E-state index is 0.0420. The predicted octanol–water partition coefficient (Wildman–Crippen LogP) is 6.37. The molecular weight excluding hydrogens is 380 g/mol. The van der Waals surface area contributed by atoms with Crippen molar-refractivity contribution in [1.29, 1.82) is 0 Å². The number of halogens is 1. The van der Waals surface area contributed by atoms with Crippen molar-refractivity contribution in [2.75, 3.05) is 29.2 Å². The van der Waals surface area contributed by atoms with E-state index in [2.05, 4.69) is 54.4 Å². The first-order valence-corrected chi connectivity index (χ1v) is 11.3. The molecular formula is C25H31ClN2O. The molecule has 0 bridgehead atoms. The molecule has 1 N–H and O–H groups in total. The van der Waals surface area contributed by atoms with E-state index in [4.69, 9.17) is 11.6 Å². The highest BCUT2D eigenvalue weighted by atomic mass is 35.5. The molecule has 1 aliphatic rings. The van der Waals surface area contributed by atoms with Gasteiger partial charge in [0.1, 0.15) is 0 Å². The van der Waals surface area contributed by atoms with Crippen LogP contribution in [0.3, 0.4) is 0 Å². The van der Waals surface area contributed by atoms with Gasteiger partial charge in [-0.2, -0.15) is 0 Å². The lowest BCUT2D eigenvalue weighted by Crippen LogP contribution is -2.25. The molecule has 0 unspecified atom stereocenters. The number of alkyl halides is 1. The molecule has 0 fully saturated rings. The molecule has 0 aliphatic carbocycles. The van der Waals surface area contributed by atoms with E-state index >= 15 is 0 Å². The Labute approximate surface area is 179 Å². The molecule has 0 atom stereocenters. The van der Waals surface area contributed by atoms with Gasteiger partial charge in [0.25, 0.3) is 5.91 Å². The number of unbranched alkanes of at least 4 members (excludes halogenated alkanes) is 2. The van der Waals surface area contributed by atoms with Crippen LogP contribution in [0.4, 0.5) is 11.4 Å². The average Bonchev–Trinajstić information content (AvgIpc) is 3.04. The van der Waals surface area contributed by atoms with Gasteiger partial charge in [0.05, 0.1) is 0 Å². The third-order valence-corrected chi connectivity index (χ3v) is 5.57. The zero-order valence-corrected chi connectivity index (χ0v) is 18.3. The topological polar surface area (TPSA) is 32.3 Å². The van der Waals surface area contributed by atoms with Crippen molar-refractivity contribution in [1.82, 2.24) is 0 Å². The van der Waals surface area contributed by atoms with Crippen molar-refractivity contribution in [2.24, 2.45) is 0 Å². The van der Waals surface area contributed by atoms with Gasteiger partial charge in [-0.05, 0) is 60.7 Å². The van der Waals surface area contributed by atoms with Crippen molar-refractivity contribution in [3.05, 3.63) is 59.2 Å². The lowest BCUT2D eigenvalue weighted by Gasteiger charge is -2.24. The number of carbonyl (C=O) groups excluding carboxylic acids is 1. The summed E-state index contributed by atoms with van der Waals surface area (Å²) in [7, 11) is 0. The summed E-state index contributed by atoms with van der Waals surface area (Å²) in [5.74, 6) is 0.535. The van der Waals surface area contributed by atoms with Crippen LogP contribution in [-0.4, -0.2) is 24.9 Å². The van der Waals surface area contributed by atoms with Crippen LogP contribution in [0.1, 0.15) is 56.2 Å². The molecule has 154 valence electrons. The van der Waals surface area contributed by atoms with E-state index in [1.165, 1.54) is 31.4 Å². The van der Waals surface area contributed by atoms with Gasteiger partial charge in [0.2, 0.25) is 0 Å². The highest BCUT2D eigenvalue weighted by molar-refractivity contribution is 6.35. The van der Waals surface area contributed by atoms with Gasteiger partial charge in [-0.1, -0.05) is 44.9 Å². The van der Waals surface area contributed by atoms with Crippen molar-refractivity contribution in [2.45, 2.75) is 46.0 Å². The van der Waals surface area contributed by atoms with Gasteiger partial charge in [0.15, 0.2) is 0 Å². The maximum atomic E-state index is 12.5. The molecule has 0 radical (unpaired) electrons. The fraction of sp³-hybridized carbons (Fsp3) is 0.400. The molecule has 0 saturated carbocycles. The first kappa shape index (κ1) is 21.4. The molecule has 0 spiro atoms. The number of rotatable bonds is 10. The van der Waals surface area contributed by atoms with E-state index in [9.17, 15) is 4.79 Å². The Kier molecular flexibility index (Phi) is 7.76. The van der Waals surface area contributed by atoms with E-state index in [1.807, 2.05) is 18.2 Å². The minimum Gasteiger partial charge on any atom is -0.372 e. The molecule has 2 aromatic rings. The third-order valence-electron chi connectivity index (χ3n) is 5.38. The van der Waals surface area contributed by atoms with Crippen molar-refractivity contribution >= 4 is 40.5 Å². The van der Waals surface area contributed by atoms with Gasteiger partial charge in [-0.15, -0.1) is 11.6 Å².